The van der Waals surface area contributed by atoms with Gasteiger partial charge in [0.1, 0.15) is 5.82 Å². The van der Waals surface area contributed by atoms with Crippen LogP contribution in [0.15, 0.2) is 57.9 Å². The van der Waals surface area contributed by atoms with E-state index in [-0.39, 0.29) is 5.82 Å². The number of hydrogen-bond acceptors (Lipinski definition) is 2. The quantitative estimate of drug-likeness (QED) is 0.819. The number of thioether (sulfide) groups is 1. The molecule has 0 saturated heterocycles. The van der Waals surface area contributed by atoms with Gasteiger partial charge in [-0.15, -0.1) is 11.8 Å². The third kappa shape index (κ3) is 4.97. The Balaban J connectivity index is 1.84. The number of benzene rings is 2. The molecule has 1 atom stereocenters. The van der Waals surface area contributed by atoms with Crippen LogP contribution in [-0.2, 0) is 6.42 Å². The maximum Gasteiger partial charge on any atom is 0.124 e. The smallest absolute Gasteiger partial charge is 0.124 e. The largest absolute Gasteiger partial charge is 0.392 e. The standard InChI is InChI=1S/C15H14BrFOS/c16-12-6-4-11(5-7-12)8-14(18)10-19-15-3-1-2-13(17)9-15/h1-7,9,14,18H,8,10H2. The number of aliphatic hydroxyl groups excluding tert-OH is 1. The maximum absolute atomic E-state index is 13.0. The van der Waals surface area contributed by atoms with Crippen molar-refractivity contribution in [1.82, 2.24) is 0 Å². The van der Waals surface area contributed by atoms with Crippen molar-refractivity contribution in [2.24, 2.45) is 0 Å². The lowest BCUT2D eigenvalue weighted by molar-refractivity contribution is 0.200. The van der Waals surface area contributed by atoms with E-state index in [4.69, 9.17) is 0 Å². The first-order chi connectivity index (χ1) is 9.13. The molecular formula is C15H14BrFOS. The zero-order chi connectivity index (χ0) is 13.7. The second kappa shape index (κ2) is 7.08. The molecule has 1 N–H and O–H groups in total. The first-order valence-corrected chi connectivity index (χ1v) is 7.72. The normalized spacial score (nSPS) is 12.4. The Bertz CT molecular complexity index is 530. The SMILES string of the molecule is OC(CSc1cccc(F)c1)Cc1ccc(Br)cc1. The molecule has 0 aliphatic carbocycles. The van der Waals surface area contributed by atoms with E-state index in [2.05, 4.69) is 15.9 Å². The van der Waals surface area contributed by atoms with Gasteiger partial charge in [0.15, 0.2) is 0 Å². The van der Waals surface area contributed by atoms with Crippen LogP contribution in [0.5, 0.6) is 0 Å². The van der Waals surface area contributed by atoms with Crippen molar-refractivity contribution in [2.75, 3.05) is 5.75 Å². The number of rotatable bonds is 5. The third-order valence-corrected chi connectivity index (χ3v) is 4.29. The minimum Gasteiger partial charge on any atom is -0.392 e. The second-order valence-corrected chi connectivity index (χ2v) is 6.26. The van der Waals surface area contributed by atoms with Gasteiger partial charge in [0.05, 0.1) is 6.10 Å². The Morgan fingerprint density at radius 3 is 2.58 bits per heavy atom. The average Bonchev–Trinajstić information content (AvgIpc) is 2.39. The highest BCUT2D eigenvalue weighted by Gasteiger charge is 2.07. The summed E-state index contributed by atoms with van der Waals surface area (Å²) < 4.78 is 14.0. The minimum absolute atomic E-state index is 0.243. The van der Waals surface area contributed by atoms with Crippen molar-refractivity contribution in [3.8, 4) is 0 Å². The van der Waals surface area contributed by atoms with E-state index in [1.807, 2.05) is 30.3 Å². The van der Waals surface area contributed by atoms with Crippen LogP contribution in [0.2, 0.25) is 0 Å². The summed E-state index contributed by atoms with van der Waals surface area (Å²) in [5.74, 6) is 0.312. The van der Waals surface area contributed by atoms with E-state index < -0.39 is 6.10 Å². The lowest BCUT2D eigenvalue weighted by Crippen LogP contribution is -2.13. The Morgan fingerprint density at radius 2 is 1.89 bits per heavy atom. The van der Waals surface area contributed by atoms with E-state index in [0.717, 1.165) is 14.9 Å². The van der Waals surface area contributed by atoms with Crippen LogP contribution >= 0.6 is 27.7 Å². The molecule has 1 unspecified atom stereocenters. The Morgan fingerprint density at radius 1 is 1.16 bits per heavy atom. The van der Waals surface area contributed by atoms with Gasteiger partial charge in [-0.1, -0.05) is 34.1 Å². The maximum atomic E-state index is 13.0. The first-order valence-electron chi connectivity index (χ1n) is 5.94. The van der Waals surface area contributed by atoms with Gasteiger partial charge in [0, 0.05) is 15.1 Å². The van der Waals surface area contributed by atoms with Gasteiger partial charge >= 0.3 is 0 Å². The number of hydrogen-bond donors (Lipinski definition) is 1. The van der Waals surface area contributed by atoms with Gasteiger partial charge in [-0.05, 0) is 42.3 Å². The molecule has 2 aromatic carbocycles. The average molecular weight is 341 g/mol. The molecule has 100 valence electrons. The van der Waals surface area contributed by atoms with Crippen LogP contribution in [0.4, 0.5) is 4.39 Å². The summed E-state index contributed by atoms with van der Waals surface area (Å²) in [7, 11) is 0. The molecule has 1 nitrogen and oxygen atoms in total. The monoisotopic (exact) mass is 340 g/mol. The summed E-state index contributed by atoms with van der Waals surface area (Å²) in [6.45, 7) is 0. The zero-order valence-corrected chi connectivity index (χ0v) is 12.6. The summed E-state index contributed by atoms with van der Waals surface area (Å²) >= 11 is 4.84. The zero-order valence-electron chi connectivity index (χ0n) is 10.2. The third-order valence-electron chi connectivity index (χ3n) is 2.62. The Hall–Kier alpha value is -0.840. The molecule has 0 radical (unpaired) electrons. The molecule has 0 bridgehead atoms. The molecular weight excluding hydrogens is 327 g/mol. The van der Waals surface area contributed by atoms with Crippen LogP contribution in [0, 0.1) is 5.82 Å². The fourth-order valence-electron chi connectivity index (χ4n) is 1.70. The van der Waals surface area contributed by atoms with E-state index in [1.165, 1.54) is 23.9 Å². The fourth-order valence-corrected chi connectivity index (χ4v) is 2.84. The summed E-state index contributed by atoms with van der Waals surface area (Å²) in [6.07, 6.45) is 0.171. The molecule has 0 spiro atoms. The Labute approximate surface area is 125 Å². The minimum atomic E-state index is -0.436. The highest BCUT2D eigenvalue weighted by molar-refractivity contribution is 9.10. The van der Waals surface area contributed by atoms with E-state index in [1.54, 1.807) is 6.07 Å². The van der Waals surface area contributed by atoms with Crippen molar-refractivity contribution < 1.29 is 9.50 Å². The Kier molecular flexibility index (Phi) is 5.43. The molecule has 4 heteroatoms. The molecule has 0 aliphatic heterocycles. The molecule has 19 heavy (non-hydrogen) atoms. The van der Waals surface area contributed by atoms with Crippen molar-refractivity contribution in [3.05, 3.63) is 64.4 Å². The molecule has 0 aromatic heterocycles. The molecule has 0 fully saturated rings. The molecule has 0 amide bonds. The molecule has 2 rings (SSSR count). The summed E-state index contributed by atoms with van der Waals surface area (Å²) in [6, 6.07) is 14.3. The summed E-state index contributed by atoms with van der Waals surface area (Å²) in [4.78, 5) is 0.842. The molecule has 0 heterocycles. The predicted octanol–water partition coefficient (Wildman–Crippen LogP) is 4.28. The lowest BCUT2D eigenvalue weighted by atomic mass is 10.1. The van der Waals surface area contributed by atoms with Crippen LogP contribution < -0.4 is 0 Å². The van der Waals surface area contributed by atoms with E-state index >= 15 is 0 Å². The first kappa shape index (κ1) is 14.6. The van der Waals surface area contributed by atoms with Crippen molar-refractivity contribution in [1.29, 1.82) is 0 Å². The molecule has 0 saturated carbocycles. The van der Waals surface area contributed by atoms with E-state index in [9.17, 15) is 9.50 Å². The molecule has 2 aromatic rings. The van der Waals surface area contributed by atoms with Gasteiger partial charge in [-0.2, -0.15) is 0 Å². The second-order valence-electron chi connectivity index (χ2n) is 4.25. The fraction of sp³-hybridized carbons (Fsp3) is 0.200. The van der Waals surface area contributed by atoms with Crippen molar-refractivity contribution >= 4 is 27.7 Å². The molecule has 0 aliphatic rings. The van der Waals surface area contributed by atoms with Crippen LogP contribution in [0.3, 0.4) is 0 Å². The van der Waals surface area contributed by atoms with Gasteiger partial charge in [-0.25, -0.2) is 4.39 Å². The highest BCUT2D eigenvalue weighted by Crippen LogP contribution is 2.21. The van der Waals surface area contributed by atoms with Crippen LogP contribution in [0.1, 0.15) is 5.56 Å². The highest BCUT2D eigenvalue weighted by atomic mass is 79.9. The van der Waals surface area contributed by atoms with Gasteiger partial charge < -0.3 is 5.11 Å². The van der Waals surface area contributed by atoms with Gasteiger partial charge in [0.2, 0.25) is 0 Å². The summed E-state index contributed by atoms with van der Waals surface area (Å²) in [5.41, 5.74) is 1.09. The van der Waals surface area contributed by atoms with Crippen molar-refractivity contribution in [3.63, 3.8) is 0 Å². The van der Waals surface area contributed by atoms with Crippen molar-refractivity contribution in [2.45, 2.75) is 17.4 Å². The number of aliphatic hydroxyl groups is 1. The summed E-state index contributed by atoms with van der Waals surface area (Å²) in [5, 5.41) is 9.98. The topological polar surface area (TPSA) is 20.2 Å². The lowest BCUT2D eigenvalue weighted by Gasteiger charge is -2.10. The van der Waals surface area contributed by atoms with E-state index in [0.29, 0.717) is 12.2 Å². The predicted molar refractivity (Wildman–Crippen MR) is 81.0 cm³/mol. The number of halogens is 2. The van der Waals surface area contributed by atoms with Crippen LogP contribution in [-0.4, -0.2) is 17.0 Å². The van der Waals surface area contributed by atoms with Gasteiger partial charge in [0.25, 0.3) is 0 Å². The van der Waals surface area contributed by atoms with Crippen LogP contribution in [0.25, 0.3) is 0 Å². The van der Waals surface area contributed by atoms with Gasteiger partial charge in [-0.3, -0.25) is 0 Å².